The molecule has 2 rings (SSSR count). The van der Waals surface area contributed by atoms with E-state index in [4.69, 9.17) is 9.47 Å². The Morgan fingerprint density at radius 3 is 2.05 bits per heavy atom. The second-order valence-electron chi connectivity index (χ2n) is 4.84. The molecule has 1 unspecified atom stereocenters. The maximum Gasteiger partial charge on any atom is 0.157 e. The maximum absolute atomic E-state index is 5.79. The van der Waals surface area contributed by atoms with Crippen LogP contribution in [0.2, 0.25) is 0 Å². The van der Waals surface area contributed by atoms with Crippen molar-refractivity contribution in [1.29, 1.82) is 0 Å². The lowest BCUT2D eigenvalue weighted by Gasteiger charge is -2.16. The number of rotatable bonds is 8. The van der Waals surface area contributed by atoms with Crippen LogP contribution in [0.4, 0.5) is 0 Å². The van der Waals surface area contributed by atoms with Crippen LogP contribution in [0, 0.1) is 0 Å². The summed E-state index contributed by atoms with van der Waals surface area (Å²) < 4.78 is 11.2. The van der Waals surface area contributed by atoms with Gasteiger partial charge < -0.3 is 9.47 Å². The number of aryl methyl sites for hydroxylation is 1. The highest BCUT2D eigenvalue weighted by Crippen LogP contribution is 2.11. The van der Waals surface area contributed by atoms with Crippen molar-refractivity contribution in [3.05, 3.63) is 71.8 Å². The summed E-state index contributed by atoms with van der Waals surface area (Å²) in [5, 5.41) is 0. The van der Waals surface area contributed by atoms with Gasteiger partial charge in [-0.2, -0.15) is 0 Å². The zero-order valence-electron chi connectivity index (χ0n) is 12.0. The van der Waals surface area contributed by atoms with Gasteiger partial charge in [-0.25, -0.2) is 0 Å². The highest BCUT2D eigenvalue weighted by Gasteiger charge is 2.07. The van der Waals surface area contributed by atoms with Crippen LogP contribution in [0.1, 0.15) is 24.0 Å². The molecule has 2 aromatic rings. The molecule has 106 valence electrons. The summed E-state index contributed by atoms with van der Waals surface area (Å²) in [5.41, 5.74) is 2.54. The first kappa shape index (κ1) is 14.8. The third-order valence-corrected chi connectivity index (χ3v) is 3.29. The predicted molar refractivity (Wildman–Crippen MR) is 81.4 cm³/mol. The van der Waals surface area contributed by atoms with Crippen molar-refractivity contribution >= 4 is 0 Å². The van der Waals surface area contributed by atoms with Gasteiger partial charge >= 0.3 is 0 Å². The fourth-order valence-electron chi connectivity index (χ4n) is 2.15. The highest BCUT2D eigenvalue weighted by molar-refractivity contribution is 5.14. The highest BCUT2D eigenvalue weighted by atomic mass is 16.7. The fourth-order valence-corrected chi connectivity index (χ4v) is 2.15. The Kier molecular flexibility index (Phi) is 6.28. The smallest absolute Gasteiger partial charge is 0.157 e. The number of hydrogen-bond acceptors (Lipinski definition) is 2. The van der Waals surface area contributed by atoms with E-state index in [2.05, 4.69) is 36.4 Å². The maximum atomic E-state index is 5.79. The molecule has 20 heavy (non-hydrogen) atoms. The number of benzene rings is 2. The summed E-state index contributed by atoms with van der Waals surface area (Å²) in [5.74, 6) is 0. The lowest BCUT2D eigenvalue weighted by molar-refractivity contribution is -0.135. The van der Waals surface area contributed by atoms with Gasteiger partial charge in [0, 0.05) is 7.11 Å². The molecule has 0 heterocycles. The molecular weight excluding hydrogens is 248 g/mol. The van der Waals surface area contributed by atoms with Crippen LogP contribution >= 0.6 is 0 Å². The first-order valence-corrected chi connectivity index (χ1v) is 7.11. The fraction of sp³-hybridized carbons (Fsp3) is 0.333. The lowest BCUT2D eigenvalue weighted by Crippen LogP contribution is -2.15. The van der Waals surface area contributed by atoms with E-state index in [1.165, 1.54) is 11.1 Å². The molecule has 2 nitrogen and oxygen atoms in total. The molecule has 0 aliphatic carbocycles. The van der Waals surface area contributed by atoms with Gasteiger partial charge in [-0.3, -0.25) is 0 Å². The van der Waals surface area contributed by atoms with Gasteiger partial charge in [0.1, 0.15) is 0 Å². The van der Waals surface area contributed by atoms with Crippen LogP contribution in [0.25, 0.3) is 0 Å². The van der Waals surface area contributed by atoms with E-state index in [-0.39, 0.29) is 6.29 Å². The summed E-state index contributed by atoms with van der Waals surface area (Å²) in [6.45, 7) is 0.602. The summed E-state index contributed by atoms with van der Waals surface area (Å²) >= 11 is 0. The average Bonchev–Trinajstić information content (AvgIpc) is 2.52. The molecule has 0 aliphatic heterocycles. The van der Waals surface area contributed by atoms with E-state index in [0.717, 1.165) is 19.3 Å². The molecule has 0 saturated carbocycles. The second-order valence-corrected chi connectivity index (χ2v) is 4.84. The quantitative estimate of drug-likeness (QED) is 0.669. The minimum absolute atomic E-state index is 0.126. The molecule has 2 aromatic carbocycles. The monoisotopic (exact) mass is 270 g/mol. The van der Waals surface area contributed by atoms with Gasteiger partial charge in [0.05, 0.1) is 6.61 Å². The molecule has 0 saturated heterocycles. The summed E-state index contributed by atoms with van der Waals surface area (Å²) in [4.78, 5) is 0. The molecule has 0 spiro atoms. The summed E-state index contributed by atoms with van der Waals surface area (Å²) in [6.07, 6.45) is 2.92. The standard InChI is InChI=1S/C18H22O2/c1-19-18(20-15-17-11-6-3-7-12-17)14-8-13-16-9-4-2-5-10-16/h2-7,9-12,18H,8,13-15H2,1H3. The molecular formula is C18H22O2. The zero-order chi connectivity index (χ0) is 14.0. The minimum atomic E-state index is -0.126. The topological polar surface area (TPSA) is 18.5 Å². The van der Waals surface area contributed by atoms with Gasteiger partial charge in [0.2, 0.25) is 0 Å². The van der Waals surface area contributed by atoms with Crippen molar-refractivity contribution in [2.75, 3.05) is 7.11 Å². The Hall–Kier alpha value is -1.64. The Morgan fingerprint density at radius 1 is 0.850 bits per heavy atom. The normalized spacial score (nSPS) is 12.2. The van der Waals surface area contributed by atoms with Crippen molar-refractivity contribution in [3.63, 3.8) is 0 Å². The van der Waals surface area contributed by atoms with E-state index in [1.54, 1.807) is 7.11 Å². The van der Waals surface area contributed by atoms with E-state index in [0.29, 0.717) is 6.61 Å². The Bertz CT molecular complexity index is 467. The number of methoxy groups -OCH3 is 1. The molecule has 0 aromatic heterocycles. The Labute approximate surface area is 121 Å². The molecule has 0 fully saturated rings. The molecule has 2 heteroatoms. The second kappa shape index (κ2) is 8.51. The van der Waals surface area contributed by atoms with E-state index in [9.17, 15) is 0 Å². The van der Waals surface area contributed by atoms with Crippen molar-refractivity contribution in [3.8, 4) is 0 Å². The number of hydrogen-bond donors (Lipinski definition) is 0. The van der Waals surface area contributed by atoms with Crippen molar-refractivity contribution < 1.29 is 9.47 Å². The molecule has 0 aliphatic rings. The summed E-state index contributed by atoms with van der Waals surface area (Å²) in [7, 11) is 1.71. The van der Waals surface area contributed by atoms with Gasteiger partial charge in [0.15, 0.2) is 6.29 Å². The van der Waals surface area contributed by atoms with Crippen LogP contribution in [0.5, 0.6) is 0 Å². The average molecular weight is 270 g/mol. The molecule has 0 N–H and O–H groups in total. The van der Waals surface area contributed by atoms with Crippen LogP contribution in [-0.4, -0.2) is 13.4 Å². The van der Waals surface area contributed by atoms with Crippen LogP contribution < -0.4 is 0 Å². The lowest BCUT2D eigenvalue weighted by atomic mass is 10.1. The van der Waals surface area contributed by atoms with Gasteiger partial charge in [-0.05, 0) is 30.4 Å². The largest absolute Gasteiger partial charge is 0.356 e. The van der Waals surface area contributed by atoms with Crippen LogP contribution in [0.15, 0.2) is 60.7 Å². The van der Waals surface area contributed by atoms with Gasteiger partial charge in [-0.1, -0.05) is 60.7 Å². The predicted octanol–water partition coefficient (Wildman–Crippen LogP) is 4.20. The minimum Gasteiger partial charge on any atom is -0.356 e. The molecule has 0 amide bonds. The number of ether oxygens (including phenoxy) is 2. The van der Waals surface area contributed by atoms with E-state index >= 15 is 0 Å². The SMILES string of the molecule is COC(CCCc1ccccc1)OCc1ccccc1. The molecule has 1 atom stereocenters. The van der Waals surface area contributed by atoms with Gasteiger partial charge in [0.25, 0.3) is 0 Å². The summed E-state index contributed by atoms with van der Waals surface area (Å²) in [6, 6.07) is 20.7. The van der Waals surface area contributed by atoms with Crippen LogP contribution in [-0.2, 0) is 22.5 Å². The third-order valence-electron chi connectivity index (χ3n) is 3.29. The first-order chi connectivity index (χ1) is 9.88. The Balaban J connectivity index is 1.70. The molecule has 0 bridgehead atoms. The van der Waals surface area contributed by atoms with Crippen LogP contribution in [0.3, 0.4) is 0 Å². The van der Waals surface area contributed by atoms with Crippen molar-refractivity contribution in [2.45, 2.75) is 32.2 Å². The van der Waals surface area contributed by atoms with E-state index in [1.807, 2.05) is 24.3 Å². The van der Waals surface area contributed by atoms with Gasteiger partial charge in [-0.15, -0.1) is 0 Å². The van der Waals surface area contributed by atoms with Crippen molar-refractivity contribution in [1.82, 2.24) is 0 Å². The van der Waals surface area contributed by atoms with E-state index < -0.39 is 0 Å². The molecule has 0 radical (unpaired) electrons. The Morgan fingerprint density at radius 2 is 1.45 bits per heavy atom. The first-order valence-electron chi connectivity index (χ1n) is 7.11. The van der Waals surface area contributed by atoms with Crippen molar-refractivity contribution in [2.24, 2.45) is 0 Å². The zero-order valence-corrected chi connectivity index (χ0v) is 12.0. The third kappa shape index (κ3) is 5.16.